The summed E-state index contributed by atoms with van der Waals surface area (Å²) in [6.07, 6.45) is 0. The maximum absolute atomic E-state index is 11.8. The third-order valence-corrected chi connectivity index (χ3v) is 4.06. The number of rotatable bonds is 8. The van der Waals surface area contributed by atoms with Crippen molar-refractivity contribution in [2.45, 2.75) is 13.8 Å². The number of nitrogens with one attached hydrogen (secondary N) is 1. The van der Waals surface area contributed by atoms with E-state index in [1.807, 2.05) is 31.2 Å². The fraction of sp³-hybridized carbons (Fsp3) is 0.263. The fourth-order valence-corrected chi connectivity index (χ4v) is 2.59. The van der Waals surface area contributed by atoms with Crippen LogP contribution in [0, 0.1) is 6.92 Å². The van der Waals surface area contributed by atoms with E-state index in [9.17, 15) is 9.59 Å². The molecule has 0 bridgehead atoms. The molecule has 1 amide bonds. The Morgan fingerprint density at radius 3 is 2.16 bits per heavy atom. The molecule has 0 radical (unpaired) electrons. The molecule has 6 heteroatoms. The van der Waals surface area contributed by atoms with Crippen molar-refractivity contribution in [2.75, 3.05) is 23.4 Å². The zero-order valence-electron chi connectivity index (χ0n) is 14.3. The lowest BCUT2D eigenvalue weighted by molar-refractivity contribution is -0.139. The molecule has 0 atom stereocenters. The van der Waals surface area contributed by atoms with E-state index in [-0.39, 0.29) is 23.4 Å². The molecule has 1 N–H and O–H groups in total. The molecule has 0 aromatic heterocycles. The third kappa shape index (κ3) is 6.89. The number of esters is 1. The van der Waals surface area contributed by atoms with Crippen molar-refractivity contribution >= 4 is 29.3 Å². The highest BCUT2D eigenvalue weighted by molar-refractivity contribution is 8.00. The SMILES string of the molecule is CCOC(=O)CSCC(=O)Nc1ccc(Oc2ccc(C)cc2)cc1. The zero-order valence-corrected chi connectivity index (χ0v) is 15.1. The van der Waals surface area contributed by atoms with Gasteiger partial charge in [0.15, 0.2) is 0 Å². The molecule has 0 heterocycles. The molecule has 132 valence electrons. The van der Waals surface area contributed by atoms with Crippen LogP contribution in [0.15, 0.2) is 48.5 Å². The highest BCUT2D eigenvalue weighted by atomic mass is 32.2. The molecule has 2 aromatic carbocycles. The van der Waals surface area contributed by atoms with Crippen LogP contribution in [0.2, 0.25) is 0 Å². The minimum Gasteiger partial charge on any atom is -0.465 e. The number of anilines is 1. The third-order valence-electron chi connectivity index (χ3n) is 3.15. The Balaban J connectivity index is 1.78. The maximum Gasteiger partial charge on any atom is 0.315 e. The van der Waals surface area contributed by atoms with Gasteiger partial charge in [0.05, 0.1) is 18.1 Å². The molecule has 0 aliphatic rings. The zero-order chi connectivity index (χ0) is 18.1. The first-order valence-electron chi connectivity index (χ1n) is 7.94. The van der Waals surface area contributed by atoms with Gasteiger partial charge >= 0.3 is 5.97 Å². The van der Waals surface area contributed by atoms with Gasteiger partial charge in [-0.25, -0.2) is 0 Å². The summed E-state index contributed by atoms with van der Waals surface area (Å²) in [6, 6.07) is 14.9. The van der Waals surface area contributed by atoms with Crippen molar-refractivity contribution in [3.63, 3.8) is 0 Å². The molecule has 0 aliphatic heterocycles. The van der Waals surface area contributed by atoms with Gasteiger partial charge in [-0.2, -0.15) is 0 Å². The number of carbonyl (C=O) groups is 2. The predicted molar refractivity (Wildman–Crippen MR) is 100 cm³/mol. The lowest BCUT2D eigenvalue weighted by Gasteiger charge is -2.08. The molecule has 25 heavy (non-hydrogen) atoms. The number of aryl methyl sites for hydroxylation is 1. The summed E-state index contributed by atoms with van der Waals surface area (Å²) < 4.78 is 10.5. The Hall–Kier alpha value is -2.47. The topological polar surface area (TPSA) is 64.6 Å². The number of ether oxygens (including phenoxy) is 2. The van der Waals surface area contributed by atoms with Gasteiger partial charge in [-0.05, 0) is 50.2 Å². The van der Waals surface area contributed by atoms with E-state index < -0.39 is 0 Å². The number of hydrogen-bond donors (Lipinski definition) is 1. The Bertz CT molecular complexity index is 698. The van der Waals surface area contributed by atoms with E-state index in [2.05, 4.69) is 5.32 Å². The first-order chi connectivity index (χ1) is 12.1. The van der Waals surface area contributed by atoms with E-state index in [1.54, 1.807) is 31.2 Å². The molecular weight excluding hydrogens is 338 g/mol. The van der Waals surface area contributed by atoms with Gasteiger partial charge in [-0.3, -0.25) is 9.59 Å². The predicted octanol–water partition coefficient (Wildman–Crippen LogP) is 4.02. The maximum atomic E-state index is 11.8. The molecular formula is C19H21NO4S. The molecule has 0 fully saturated rings. The lowest BCUT2D eigenvalue weighted by Crippen LogP contribution is -2.16. The van der Waals surface area contributed by atoms with Crippen LogP contribution >= 0.6 is 11.8 Å². The van der Waals surface area contributed by atoms with Crippen molar-refractivity contribution in [2.24, 2.45) is 0 Å². The van der Waals surface area contributed by atoms with Crippen molar-refractivity contribution in [3.8, 4) is 11.5 Å². The summed E-state index contributed by atoms with van der Waals surface area (Å²) >= 11 is 1.22. The Kier molecular flexibility index (Phi) is 7.35. The smallest absolute Gasteiger partial charge is 0.315 e. The molecule has 0 saturated carbocycles. The standard InChI is InChI=1S/C19H21NO4S/c1-3-23-19(22)13-25-12-18(21)20-15-6-10-17(11-7-15)24-16-8-4-14(2)5-9-16/h4-11H,3,12-13H2,1-2H3,(H,20,21). The van der Waals surface area contributed by atoms with Gasteiger partial charge in [-0.1, -0.05) is 17.7 Å². The van der Waals surface area contributed by atoms with Gasteiger partial charge in [0.2, 0.25) is 5.91 Å². The second kappa shape index (κ2) is 9.74. The van der Waals surface area contributed by atoms with Crippen molar-refractivity contribution < 1.29 is 19.1 Å². The van der Waals surface area contributed by atoms with Crippen molar-refractivity contribution in [3.05, 3.63) is 54.1 Å². The van der Waals surface area contributed by atoms with Gasteiger partial charge in [0, 0.05) is 5.69 Å². The number of benzene rings is 2. The number of hydrogen-bond acceptors (Lipinski definition) is 5. The molecule has 5 nitrogen and oxygen atoms in total. The molecule has 0 saturated heterocycles. The van der Waals surface area contributed by atoms with E-state index in [0.29, 0.717) is 18.0 Å². The van der Waals surface area contributed by atoms with Crippen LogP contribution in [-0.4, -0.2) is 30.0 Å². The average Bonchev–Trinajstić information content (AvgIpc) is 2.59. The Morgan fingerprint density at radius 1 is 0.960 bits per heavy atom. The Labute approximate surface area is 151 Å². The van der Waals surface area contributed by atoms with Crippen LogP contribution in [0.1, 0.15) is 12.5 Å². The van der Waals surface area contributed by atoms with E-state index in [0.717, 1.165) is 5.75 Å². The molecule has 0 unspecified atom stereocenters. The summed E-state index contributed by atoms with van der Waals surface area (Å²) in [5.41, 5.74) is 1.85. The normalized spacial score (nSPS) is 10.2. The Morgan fingerprint density at radius 2 is 1.56 bits per heavy atom. The van der Waals surface area contributed by atoms with Crippen LogP contribution in [0.4, 0.5) is 5.69 Å². The highest BCUT2D eigenvalue weighted by Gasteiger charge is 2.07. The first-order valence-corrected chi connectivity index (χ1v) is 9.10. The molecule has 2 rings (SSSR count). The van der Waals surface area contributed by atoms with Gasteiger partial charge < -0.3 is 14.8 Å². The monoisotopic (exact) mass is 359 g/mol. The van der Waals surface area contributed by atoms with E-state index >= 15 is 0 Å². The fourth-order valence-electron chi connectivity index (χ4n) is 1.98. The first kappa shape index (κ1) is 18.9. The van der Waals surface area contributed by atoms with Crippen LogP contribution in [0.3, 0.4) is 0 Å². The molecule has 0 aliphatic carbocycles. The van der Waals surface area contributed by atoms with E-state index in [1.165, 1.54) is 17.3 Å². The molecule has 0 spiro atoms. The number of carbonyl (C=O) groups excluding carboxylic acids is 2. The van der Waals surface area contributed by atoms with Gasteiger partial charge in [-0.15, -0.1) is 11.8 Å². The summed E-state index contributed by atoms with van der Waals surface area (Å²) in [6.45, 7) is 4.12. The largest absolute Gasteiger partial charge is 0.465 e. The van der Waals surface area contributed by atoms with Gasteiger partial charge in [0.25, 0.3) is 0 Å². The van der Waals surface area contributed by atoms with Crippen LogP contribution in [0.5, 0.6) is 11.5 Å². The minimum absolute atomic E-state index is 0.165. The van der Waals surface area contributed by atoms with Crippen LogP contribution in [0.25, 0.3) is 0 Å². The second-order valence-corrected chi connectivity index (χ2v) is 6.27. The highest BCUT2D eigenvalue weighted by Crippen LogP contribution is 2.23. The number of thioether (sulfide) groups is 1. The van der Waals surface area contributed by atoms with Crippen LogP contribution < -0.4 is 10.1 Å². The number of amides is 1. The average molecular weight is 359 g/mol. The molecule has 2 aromatic rings. The van der Waals surface area contributed by atoms with Crippen LogP contribution in [-0.2, 0) is 14.3 Å². The lowest BCUT2D eigenvalue weighted by atomic mass is 10.2. The van der Waals surface area contributed by atoms with E-state index in [4.69, 9.17) is 9.47 Å². The van der Waals surface area contributed by atoms with Crippen molar-refractivity contribution in [1.29, 1.82) is 0 Å². The summed E-state index contributed by atoms with van der Waals surface area (Å²) in [5.74, 6) is 1.35. The van der Waals surface area contributed by atoms with Crippen molar-refractivity contribution in [1.82, 2.24) is 0 Å². The quantitative estimate of drug-likeness (QED) is 0.721. The second-order valence-electron chi connectivity index (χ2n) is 5.29. The summed E-state index contributed by atoms with van der Waals surface area (Å²) in [4.78, 5) is 23.0. The summed E-state index contributed by atoms with van der Waals surface area (Å²) in [5, 5.41) is 2.78. The minimum atomic E-state index is -0.307. The summed E-state index contributed by atoms with van der Waals surface area (Å²) in [7, 11) is 0. The van der Waals surface area contributed by atoms with Gasteiger partial charge in [0.1, 0.15) is 11.5 Å².